The molecular formula is C18H28O4. The highest BCUT2D eigenvalue weighted by atomic mass is 16.4. The number of ketones is 1. The lowest BCUT2D eigenvalue weighted by Crippen LogP contribution is -2.13. The Bertz CT molecular complexity index is 411. The van der Waals surface area contributed by atoms with Crippen LogP contribution in [-0.2, 0) is 9.59 Å². The van der Waals surface area contributed by atoms with Crippen molar-refractivity contribution in [2.75, 3.05) is 0 Å². The van der Waals surface area contributed by atoms with E-state index in [9.17, 15) is 14.7 Å². The fourth-order valence-electron chi connectivity index (χ4n) is 2.82. The lowest BCUT2D eigenvalue weighted by Gasteiger charge is -2.13. The molecule has 3 atom stereocenters. The highest BCUT2D eigenvalue weighted by Crippen LogP contribution is 2.32. The van der Waals surface area contributed by atoms with E-state index in [1.807, 2.05) is 24.3 Å². The fraction of sp³-hybridized carbons (Fsp3) is 0.667. The molecule has 124 valence electrons. The third-order valence-corrected chi connectivity index (χ3v) is 4.17. The number of carbonyl (C=O) groups excluding carboxylic acids is 1. The van der Waals surface area contributed by atoms with Gasteiger partial charge in [-0.25, -0.2) is 0 Å². The standard InChI is InChI=1S/C18H28O4/c1-2-3-7-15(19)12-10-14-11-13-17(20)16(14)8-5-4-6-9-18(21)22/h4-5,10,12,14-16,19H,2-3,6-9,11,13H2,1H3,(H,21,22). The molecule has 0 aromatic carbocycles. The van der Waals surface area contributed by atoms with Crippen LogP contribution in [0.3, 0.4) is 0 Å². The van der Waals surface area contributed by atoms with E-state index in [0.29, 0.717) is 19.3 Å². The van der Waals surface area contributed by atoms with Gasteiger partial charge in [0.1, 0.15) is 5.78 Å². The van der Waals surface area contributed by atoms with Crippen LogP contribution < -0.4 is 0 Å². The van der Waals surface area contributed by atoms with Gasteiger partial charge in [0.15, 0.2) is 0 Å². The molecule has 3 unspecified atom stereocenters. The van der Waals surface area contributed by atoms with Gasteiger partial charge in [0.05, 0.1) is 6.10 Å². The van der Waals surface area contributed by atoms with Crippen LogP contribution in [0.15, 0.2) is 24.3 Å². The maximum Gasteiger partial charge on any atom is 0.303 e. The minimum absolute atomic E-state index is 0.0179. The maximum atomic E-state index is 11.9. The van der Waals surface area contributed by atoms with Crippen molar-refractivity contribution in [1.82, 2.24) is 0 Å². The van der Waals surface area contributed by atoms with Gasteiger partial charge in [-0.05, 0) is 31.6 Å². The molecule has 1 aliphatic rings. The summed E-state index contributed by atoms with van der Waals surface area (Å²) in [6.45, 7) is 2.10. The molecule has 1 rings (SSSR count). The molecule has 0 heterocycles. The monoisotopic (exact) mass is 308 g/mol. The molecule has 0 spiro atoms. The smallest absolute Gasteiger partial charge is 0.303 e. The molecule has 22 heavy (non-hydrogen) atoms. The molecule has 0 radical (unpaired) electrons. The number of carbonyl (C=O) groups is 2. The van der Waals surface area contributed by atoms with E-state index in [4.69, 9.17) is 5.11 Å². The van der Waals surface area contributed by atoms with Crippen LogP contribution in [-0.4, -0.2) is 28.1 Å². The van der Waals surface area contributed by atoms with Crippen molar-refractivity contribution < 1.29 is 19.8 Å². The lowest BCUT2D eigenvalue weighted by atomic mass is 9.91. The first-order valence-electron chi connectivity index (χ1n) is 8.30. The summed E-state index contributed by atoms with van der Waals surface area (Å²) in [6.07, 6.45) is 12.8. The third-order valence-electron chi connectivity index (χ3n) is 4.17. The first-order chi connectivity index (χ1) is 10.5. The van der Waals surface area contributed by atoms with E-state index in [1.54, 1.807) is 0 Å². The molecule has 0 aromatic rings. The number of unbranched alkanes of at least 4 members (excludes halogenated alkanes) is 1. The molecule has 0 amide bonds. The predicted molar refractivity (Wildman–Crippen MR) is 86.5 cm³/mol. The predicted octanol–water partition coefficient (Wildman–Crippen LogP) is 3.50. The topological polar surface area (TPSA) is 74.6 Å². The van der Waals surface area contributed by atoms with Crippen LogP contribution in [0.25, 0.3) is 0 Å². The van der Waals surface area contributed by atoms with Gasteiger partial charge in [-0.1, -0.05) is 44.1 Å². The molecule has 0 saturated heterocycles. The first-order valence-corrected chi connectivity index (χ1v) is 8.30. The van der Waals surface area contributed by atoms with Crippen LogP contribution in [0, 0.1) is 11.8 Å². The number of hydrogen-bond acceptors (Lipinski definition) is 3. The van der Waals surface area contributed by atoms with E-state index in [1.165, 1.54) is 0 Å². The van der Waals surface area contributed by atoms with Gasteiger partial charge >= 0.3 is 5.97 Å². The summed E-state index contributed by atoms with van der Waals surface area (Å²) in [6, 6.07) is 0. The number of carboxylic acids is 1. The summed E-state index contributed by atoms with van der Waals surface area (Å²) in [4.78, 5) is 22.4. The Kier molecular flexibility index (Phi) is 8.75. The second kappa shape index (κ2) is 10.3. The average molecular weight is 308 g/mol. The van der Waals surface area contributed by atoms with Gasteiger partial charge in [-0.3, -0.25) is 9.59 Å². The number of Topliss-reactive ketones (excluding diaryl/α,β-unsaturated/α-hetero) is 1. The van der Waals surface area contributed by atoms with Crippen LogP contribution in [0.1, 0.15) is 58.3 Å². The maximum absolute atomic E-state index is 11.9. The van der Waals surface area contributed by atoms with Gasteiger partial charge in [-0.15, -0.1) is 0 Å². The number of aliphatic hydroxyl groups excluding tert-OH is 1. The number of aliphatic carboxylic acids is 1. The largest absolute Gasteiger partial charge is 0.481 e. The number of rotatable bonds is 10. The molecule has 4 nitrogen and oxygen atoms in total. The highest BCUT2D eigenvalue weighted by molar-refractivity contribution is 5.83. The Balaban J connectivity index is 2.43. The van der Waals surface area contributed by atoms with E-state index in [0.717, 1.165) is 25.7 Å². The lowest BCUT2D eigenvalue weighted by molar-refractivity contribution is -0.136. The van der Waals surface area contributed by atoms with Crippen LogP contribution in [0.4, 0.5) is 0 Å². The van der Waals surface area contributed by atoms with Gasteiger partial charge in [0.2, 0.25) is 0 Å². The molecule has 2 N–H and O–H groups in total. The van der Waals surface area contributed by atoms with Crippen LogP contribution in [0.5, 0.6) is 0 Å². The van der Waals surface area contributed by atoms with Gasteiger partial charge in [0, 0.05) is 18.8 Å². The van der Waals surface area contributed by atoms with E-state index in [-0.39, 0.29) is 24.0 Å². The first kappa shape index (κ1) is 18.6. The molecule has 1 saturated carbocycles. The molecule has 0 bridgehead atoms. The van der Waals surface area contributed by atoms with Crippen molar-refractivity contribution in [2.24, 2.45) is 11.8 Å². The number of aliphatic hydroxyl groups is 1. The summed E-state index contributed by atoms with van der Waals surface area (Å²) in [5.41, 5.74) is 0. The van der Waals surface area contributed by atoms with Crippen molar-refractivity contribution in [1.29, 1.82) is 0 Å². The Morgan fingerprint density at radius 3 is 2.86 bits per heavy atom. The van der Waals surface area contributed by atoms with Crippen molar-refractivity contribution in [2.45, 2.75) is 64.4 Å². The third kappa shape index (κ3) is 7.03. The fourth-order valence-corrected chi connectivity index (χ4v) is 2.82. The molecule has 0 aliphatic heterocycles. The zero-order valence-corrected chi connectivity index (χ0v) is 13.4. The quantitative estimate of drug-likeness (QED) is 0.606. The summed E-state index contributed by atoms with van der Waals surface area (Å²) in [5.74, 6) is -0.340. The Morgan fingerprint density at radius 1 is 1.41 bits per heavy atom. The van der Waals surface area contributed by atoms with Crippen molar-refractivity contribution in [3.05, 3.63) is 24.3 Å². The highest BCUT2D eigenvalue weighted by Gasteiger charge is 2.31. The van der Waals surface area contributed by atoms with Crippen molar-refractivity contribution >= 4 is 11.8 Å². The molecule has 1 fully saturated rings. The normalized spacial score (nSPS) is 23.6. The minimum Gasteiger partial charge on any atom is -0.481 e. The summed E-state index contributed by atoms with van der Waals surface area (Å²) < 4.78 is 0. The molecule has 0 aromatic heterocycles. The molecule has 1 aliphatic carbocycles. The van der Waals surface area contributed by atoms with E-state index >= 15 is 0 Å². The van der Waals surface area contributed by atoms with Crippen molar-refractivity contribution in [3.63, 3.8) is 0 Å². The van der Waals surface area contributed by atoms with Crippen molar-refractivity contribution in [3.8, 4) is 0 Å². The van der Waals surface area contributed by atoms with Gasteiger partial charge in [-0.2, -0.15) is 0 Å². The van der Waals surface area contributed by atoms with Gasteiger partial charge in [0.25, 0.3) is 0 Å². The zero-order chi connectivity index (χ0) is 16.4. The Morgan fingerprint density at radius 2 is 2.18 bits per heavy atom. The zero-order valence-electron chi connectivity index (χ0n) is 13.4. The number of allylic oxidation sites excluding steroid dienone is 3. The van der Waals surface area contributed by atoms with Gasteiger partial charge < -0.3 is 10.2 Å². The van der Waals surface area contributed by atoms with E-state index < -0.39 is 12.1 Å². The summed E-state index contributed by atoms with van der Waals surface area (Å²) in [7, 11) is 0. The summed E-state index contributed by atoms with van der Waals surface area (Å²) >= 11 is 0. The second-order valence-corrected chi connectivity index (χ2v) is 6.01. The van der Waals surface area contributed by atoms with Crippen LogP contribution >= 0.6 is 0 Å². The number of carboxylic acid groups (broad SMARTS) is 1. The Hall–Kier alpha value is -1.42. The number of hydrogen-bond donors (Lipinski definition) is 2. The SMILES string of the molecule is CCCCC(O)C=CC1CCC(=O)C1CC=CCCC(=O)O. The minimum atomic E-state index is -0.802. The average Bonchev–Trinajstić information content (AvgIpc) is 2.83. The second-order valence-electron chi connectivity index (χ2n) is 6.01. The van der Waals surface area contributed by atoms with E-state index in [2.05, 4.69) is 6.92 Å². The Labute approximate surface area is 132 Å². The molecule has 4 heteroatoms. The van der Waals surface area contributed by atoms with Crippen LogP contribution in [0.2, 0.25) is 0 Å². The summed E-state index contributed by atoms with van der Waals surface area (Å²) in [5, 5.41) is 18.4. The molecular weight excluding hydrogens is 280 g/mol.